The van der Waals surface area contributed by atoms with E-state index in [1.165, 1.54) is 11.1 Å². The summed E-state index contributed by atoms with van der Waals surface area (Å²) in [7, 11) is 1.71. The van der Waals surface area contributed by atoms with Gasteiger partial charge in [-0.1, -0.05) is 17.7 Å². The summed E-state index contributed by atoms with van der Waals surface area (Å²) in [6, 6.07) is 8.34. The number of nitrogens with one attached hydrogen (secondary N) is 1. The van der Waals surface area contributed by atoms with Gasteiger partial charge in [-0.3, -0.25) is 0 Å². The van der Waals surface area contributed by atoms with Gasteiger partial charge in [0.1, 0.15) is 0 Å². The normalized spacial score (nSPS) is 10.8. The van der Waals surface area contributed by atoms with E-state index in [0.717, 1.165) is 25.4 Å². The highest BCUT2D eigenvalue weighted by Crippen LogP contribution is 2.15. The molecule has 0 spiro atoms. The Labute approximate surface area is 108 Å². The largest absolute Gasteiger partial charge is 0.383 e. The van der Waals surface area contributed by atoms with E-state index >= 15 is 0 Å². The van der Waals surface area contributed by atoms with Gasteiger partial charge in [0.2, 0.25) is 0 Å². The number of methoxy groups -OCH3 is 1. The number of ether oxygens (including phenoxy) is 1. The van der Waals surface area contributed by atoms with Crippen molar-refractivity contribution in [2.75, 3.05) is 20.3 Å². The average molecular weight is 245 g/mol. The van der Waals surface area contributed by atoms with E-state index in [4.69, 9.17) is 4.74 Å². The molecule has 0 amide bonds. The number of rotatable bonds is 6. The third-order valence-corrected chi connectivity index (χ3v) is 2.78. The Hall–Kier alpha value is -1.65. The Balaban J connectivity index is 2.14. The maximum absolute atomic E-state index is 5.03. The molecular weight excluding hydrogens is 226 g/mol. The zero-order valence-corrected chi connectivity index (χ0v) is 10.9. The summed E-state index contributed by atoms with van der Waals surface area (Å²) in [5.74, 6) is 0. The number of hydrogen-bond donors (Lipinski definition) is 1. The minimum absolute atomic E-state index is 0.725. The second kappa shape index (κ2) is 6.33. The lowest BCUT2D eigenvalue weighted by Crippen LogP contribution is -2.19. The summed E-state index contributed by atoms with van der Waals surface area (Å²) in [4.78, 5) is 0. The van der Waals surface area contributed by atoms with Crippen LogP contribution in [-0.4, -0.2) is 30.0 Å². The molecule has 0 bridgehead atoms. The average Bonchev–Trinajstić information content (AvgIpc) is 2.88. The molecule has 0 unspecified atom stereocenters. The van der Waals surface area contributed by atoms with Gasteiger partial charge in [-0.2, -0.15) is 5.10 Å². The fourth-order valence-corrected chi connectivity index (χ4v) is 1.89. The maximum atomic E-state index is 5.03. The van der Waals surface area contributed by atoms with Gasteiger partial charge in [-0.05, 0) is 24.6 Å². The van der Waals surface area contributed by atoms with Crippen LogP contribution in [-0.2, 0) is 11.3 Å². The fourth-order valence-electron chi connectivity index (χ4n) is 1.89. The van der Waals surface area contributed by atoms with E-state index in [-0.39, 0.29) is 0 Å². The molecule has 0 radical (unpaired) electrons. The van der Waals surface area contributed by atoms with Crippen LogP contribution in [0.4, 0.5) is 0 Å². The lowest BCUT2D eigenvalue weighted by molar-refractivity contribution is 0.199. The maximum Gasteiger partial charge on any atom is 0.0690 e. The zero-order chi connectivity index (χ0) is 12.8. The minimum Gasteiger partial charge on any atom is -0.383 e. The highest BCUT2D eigenvalue weighted by molar-refractivity contribution is 5.42. The van der Waals surface area contributed by atoms with E-state index in [2.05, 4.69) is 35.5 Å². The molecule has 0 aliphatic heterocycles. The molecule has 1 aromatic heterocycles. The Morgan fingerprint density at radius 1 is 1.39 bits per heavy atom. The van der Waals surface area contributed by atoms with Gasteiger partial charge in [0.25, 0.3) is 0 Å². The number of benzene rings is 1. The predicted molar refractivity (Wildman–Crippen MR) is 71.9 cm³/mol. The van der Waals surface area contributed by atoms with Crippen LogP contribution in [0.1, 0.15) is 11.1 Å². The first-order valence-corrected chi connectivity index (χ1v) is 6.10. The molecule has 0 aliphatic carbocycles. The topological polar surface area (TPSA) is 39.1 Å². The highest BCUT2D eigenvalue weighted by Gasteiger charge is 2.04. The van der Waals surface area contributed by atoms with E-state index in [0.29, 0.717) is 0 Å². The predicted octanol–water partition coefficient (Wildman–Crippen LogP) is 1.92. The van der Waals surface area contributed by atoms with Gasteiger partial charge < -0.3 is 10.1 Å². The molecule has 0 atom stereocenters. The molecule has 2 aromatic rings. The first-order chi connectivity index (χ1) is 8.81. The van der Waals surface area contributed by atoms with E-state index in [1.807, 2.05) is 16.9 Å². The molecule has 2 rings (SSSR count). The van der Waals surface area contributed by atoms with Gasteiger partial charge in [0.15, 0.2) is 0 Å². The number of aromatic nitrogens is 2. The number of hydrogen-bond acceptors (Lipinski definition) is 3. The summed E-state index contributed by atoms with van der Waals surface area (Å²) < 4.78 is 6.92. The fraction of sp³-hybridized carbons (Fsp3) is 0.357. The molecule has 4 nitrogen and oxygen atoms in total. The Kier molecular flexibility index (Phi) is 4.50. The lowest BCUT2D eigenvalue weighted by atomic mass is 10.1. The minimum atomic E-state index is 0.725. The van der Waals surface area contributed by atoms with Gasteiger partial charge in [0.05, 0.1) is 12.3 Å². The molecule has 18 heavy (non-hydrogen) atoms. The molecule has 0 saturated heterocycles. The van der Waals surface area contributed by atoms with Crippen molar-refractivity contribution in [2.45, 2.75) is 13.5 Å². The van der Waals surface area contributed by atoms with Crippen molar-refractivity contribution in [1.29, 1.82) is 0 Å². The van der Waals surface area contributed by atoms with Crippen molar-refractivity contribution >= 4 is 0 Å². The van der Waals surface area contributed by atoms with Crippen LogP contribution < -0.4 is 5.32 Å². The molecule has 0 fully saturated rings. The molecule has 1 N–H and O–H groups in total. The van der Waals surface area contributed by atoms with Crippen molar-refractivity contribution in [3.8, 4) is 5.69 Å². The standard InChI is InChI=1S/C14H19N3O/c1-12-4-5-14(17-8-3-6-16-17)13(10-12)11-15-7-9-18-2/h3-6,8,10,15H,7,9,11H2,1-2H3. The number of nitrogens with zero attached hydrogens (tertiary/aromatic N) is 2. The quantitative estimate of drug-likeness (QED) is 0.790. The van der Waals surface area contributed by atoms with Crippen LogP contribution in [0.3, 0.4) is 0 Å². The second-order valence-corrected chi connectivity index (χ2v) is 4.25. The monoisotopic (exact) mass is 245 g/mol. The van der Waals surface area contributed by atoms with Gasteiger partial charge in [0, 0.05) is 32.6 Å². The third-order valence-electron chi connectivity index (χ3n) is 2.78. The summed E-state index contributed by atoms with van der Waals surface area (Å²) in [5, 5.41) is 7.65. The smallest absolute Gasteiger partial charge is 0.0690 e. The van der Waals surface area contributed by atoms with Crippen molar-refractivity contribution in [3.05, 3.63) is 47.8 Å². The lowest BCUT2D eigenvalue weighted by Gasteiger charge is -2.11. The summed E-state index contributed by atoms with van der Waals surface area (Å²) in [5.41, 5.74) is 3.62. The first kappa shape index (κ1) is 12.8. The van der Waals surface area contributed by atoms with Crippen LogP contribution in [0.15, 0.2) is 36.7 Å². The molecule has 96 valence electrons. The summed E-state index contributed by atoms with van der Waals surface area (Å²) >= 11 is 0. The van der Waals surface area contributed by atoms with Crippen LogP contribution in [0, 0.1) is 6.92 Å². The molecule has 0 saturated carbocycles. The molecule has 1 aromatic carbocycles. The van der Waals surface area contributed by atoms with Crippen LogP contribution in [0.25, 0.3) is 5.69 Å². The van der Waals surface area contributed by atoms with Crippen molar-refractivity contribution < 1.29 is 4.74 Å². The van der Waals surface area contributed by atoms with E-state index < -0.39 is 0 Å². The Bertz CT molecular complexity index is 480. The number of aryl methyl sites for hydroxylation is 1. The molecule has 1 heterocycles. The summed E-state index contributed by atoms with van der Waals surface area (Å²) in [6.45, 7) is 4.50. The summed E-state index contributed by atoms with van der Waals surface area (Å²) in [6.07, 6.45) is 3.76. The SMILES string of the molecule is COCCNCc1cc(C)ccc1-n1cccn1. The van der Waals surface area contributed by atoms with Crippen molar-refractivity contribution in [2.24, 2.45) is 0 Å². The molecular formula is C14H19N3O. The van der Waals surface area contributed by atoms with Gasteiger partial charge in [-0.15, -0.1) is 0 Å². The van der Waals surface area contributed by atoms with Crippen molar-refractivity contribution in [1.82, 2.24) is 15.1 Å². The van der Waals surface area contributed by atoms with Gasteiger partial charge in [-0.25, -0.2) is 4.68 Å². The van der Waals surface area contributed by atoms with E-state index in [1.54, 1.807) is 13.3 Å². The zero-order valence-electron chi connectivity index (χ0n) is 10.9. The van der Waals surface area contributed by atoms with Crippen LogP contribution in [0.5, 0.6) is 0 Å². The van der Waals surface area contributed by atoms with Crippen LogP contribution >= 0.6 is 0 Å². The van der Waals surface area contributed by atoms with Crippen molar-refractivity contribution in [3.63, 3.8) is 0 Å². The Morgan fingerprint density at radius 3 is 3.00 bits per heavy atom. The van der Waals surface area contributed by atoms with E-state index in [9.17, 15) is 0 Å². The van der Waals surface area contributed by atoms with Crippen LogP contribution in [0.2, 0.25) is 0 Å². The third kappa shape index (κ3) is 3.18. The van der Waals surface area contributed by atoms with Gasteiger partial charge >= 0.3 is 0 Å². The Morgan fingerprint density at radius 2 is 2.28 bits per heavy atom. The first-order valence-electron chi connectivity index (χ1n) is 6.10. The highest BCUT2D eigenvalue weighted by atomic mass is 16.5. The second-order valence-electron chi connectivity index (χ2n) is 4.25. The molecule has 0 aliphatic rings. The molecule has 4 heteroatoms.